The number of benzene rings is 1. The molecule has 6 fully saturated rings. The van der Waals surface area contributed by atoms with Crippen LogP contribution in [0.5, 0.6) is 0 Å². The Bertz CT molecular complexity index is 851. The van der Waals surface area contributed by atoms with Gasteiger partial charge in [0.05, 0.1) is 6.04 Å². The van der Waals surface area contributed by atoms with Gasteiger partial charge < -0.3 is 19.9 Å². The van der Waals surface area contributed by atoms with E-state index < -0.39 is 0 Å². The average Bonchev–Trinajstić information content (AvgIpc) is 3.07. The summed E-state index contributed by atoms with van der Waals surface area (Å²) in [6, 6.07) is 7.26. The third-order valence-electron chi connectivity index (χ3n) is 9.57. The third-order valence-corrected chi connectivity index (χ3v) is 9.57. The fraction of sp³-hybridized carbons (Fsp3) is 0.731. The van der Waals surface area contributed by atoms with Crippen molar-refractivity contribution >= 4 is 11.8 Å². The van der Waals surface area contributed by atoms with Crippen LogP contribution in [0.1, 0.15) is 68.0 Å². The molecule has 1 amide bonds. The van der Waals surface area contributed by atoms with Crippen molar-refractivity contribution in [2.75, 3.05) is 37.6 Å². The number of amides is 1. The van der Waals surface area contributed by atoms with Crippen molar-refractivity contribution in [3.8, 4) is 0 Å². The number of anilines is 1. The molecule has 5 nitrogen and oxygen atoms in total. The molecule has 2 aliphatic heterocycles. The second-order valence-electron chi connectivity index (χ2n) is 11.3. The van der Waals surface area contributed by atoms with Crippen molar-refractivity contribution in [1.29, 1.82) is 0 Å². The lowest BCUT2D eigenvalue weighted by atomic mass is 9.55. The summed E-state index contributed by atoms with van der Waals surface area (Å²) < 4.78 is 6.35. The Morgan fingerprint density at radius 1 is 0.903 bits per heavy atom. The fourth-order valence-corrected chi connectivity index (χ4v) is 8.36. The first kappa shape index (κ1) is 18.8. The number of ether oxygens (including phenoxy) is 1. The predicted molar refractivity (Wildman–Crippen MR) is 120 cm³/mol. The van der Waals surface area contributed by atoms with Crippen molar-refractivity contribution in [1.82, 2.24) is 10.2 Å². The molecule has 5 aliphatic carbocycles. The van der Waals surface area contributed by atoms with Crippen molar-refractivity contribution in [3.05, 3.63) is 29.3 Å². The van der Waals surface area contributed by atoms with E-state index in [0.717, 1.165) is 57.4 Å². The second kappa shape index (κ2) is 7.13. The number of piperazine rings is 1. The average molecular weight is 422 g/mol. The lowest BCUT2D eigenvalue weighted by Gasteiger charge is -2.53. The van der Waals surface area contributed by atoms with E-state index in [2.05, 4.69) is 33.3 Å². The molecule has 1 unspecified atom stereocenters. The number of rotatable bonds is 2. The second-order valence-corrected chi connectivity index (χ2v) is 11.3. The van der Waals surface area contributed by atoms with Gasteiger partial charge in [-0.05, 0) is 97.8 Å². The van der Waals surface area contributed by atoms with Crippen LogP contribution in [0.2, 0.25) is 0 Å². The van der Waals surface area contributed by atoms with E-state index in [1.54, 1.807) is 0 Å². The summed E-state index contributed by atoms with van der Waals surface area (Å²) >= 11 is 0. The molecule has 8 rings (SSSR count). The molecule has 2 atom stereocenters. The molecule has 166 valence electrons. The number of hydrogen-bond acceptors (Lipinski definition) is 4. The molecule has 2 saturated heterocycles. The van der Waals surface area contributed by atoms with Gasteiger partial charge in [-0.25, -0.2) is 4.79 Å². The molecular formula is C26H35N3O2. The molecule has 1 aromatic rings. The van der Waals surface area contributed by atoms with Gasteiger partial charge in [-0.1, -0.05) is 6.07 Å². The molecular weight excluding hydrogens is 386 g/mol. The number of piperidine rings is 1. The number of nitrogens with zero attached hydrogens (tertiary/aromatic N) is 2. The number of nitrogens with one attached hydrogen (secondary N) is 1. The van der Waals surface area contributed by atoms with Crippen LogP contribution in [0.4, 0.5) is 10.5 Å². The highest BCUT2D eigenvalue weighted by Crippen LogP contribution is 2.55. The van der Waals surface area contributed by atoms with Gasteiger partial charge in [-0.15, -0.1) is 0 Å². The molecule has 1 aromatic carbocycles. The van der Waals surface area contributed by atoms with Crippen LogP contribution in [0.3, 0.4) is 0 Å². The third kappa shape index (κ3) is 3.02. The summed E-state index contributed by atoms with van der Waals surface area (Å²) in [6.45, 7) is 5.06. The van der Waals surface area contributed by atoms with Gasteiger partial charge in [-0.3, -0.25) is 0 Å². The van der Waals surface area contributed by atoms with Gasteiger partial charge in [0, 0.05) is 38.4 Å². The molecule has 1 N–H and O–H groups in total. The van der Waals surface area contributed by atoms with Gasteiger partial charge in [0.25, 0.3) is 0 Å². The first-order chi connectivity index (χ1) is 15.2. The minimum absolute atomic E-state index is 0.0265. The summed E-state index contributed by atoms with van der Waals surface area (Å²) in [5, 5.41) is 3.45. The Morgan fingerprint density at radius 3 is 2.39 bits per heavy atom. The molecule has 0 aromatic heterocycles. The highest BCUT2D eigenvalue weighted by Gasteiger charge is 2.51. The maximum atomic E-state index is 13.5. The molecule has 7 aliphatic rings. The van der Waals surface area contributed by atoms with E-state index in [1.807, 2.05) is 0 Å². The smallest absolute Gasteiger partial charge is 0.410 e. The van der Waals surface area contributed by atoms with E-state index in [4.69, 9.17) is 4.74 Å². The number of carbonyl (C=O) groups is 1. The van der Waals surface area contributed by atoms with Gasteiger partial charge in [0.2, 0.25) is 0 Å². The van der Waals surface area contributed by atoms with Gasteiger partial charge in [0.1, 0.15) is 6.10 Å². The largest absolute Gasteiger partial charge is 0.445 e. The summed E-state index contributed by atoms with van der Waals surface area (Å²) in [7, 11) is 0. The zero-order chi connectivity index (χ0) is 20.5. The van der Waals surface area contributed by atoms with Crippen molar-refractivity contribution in [3.63, 3.8) is 0 Å². The van der Waals surface area contributed by atoms with Crippen molar-refractivity contribution in [2.45, 2.75) is 63.0 Å². The summed E-state index contributed by atoms with van der Waals surface area (Å²) in [6.07, 6.45) is 8.95. The standard InChI is InChI=1S/C26H35N3O2/c30-26(31-25-19-10-16-9-17(12-19)13-20(25)11-16)29-6-3-18-14-24(29)23-15-21(1-2-22(18)23)28-7-4-27-5-8-28/h1-2,15-20,24-25,27H,3-14H2/t16?,17?,18?,19?,20?,24-,25?/m0/s1. The minimum Gasteiger partial charge on any atom is -0.445 e. The van der Waals surface area contributed by atoms with E-state index in [1.165, 1.54) is 48.9 Å². The van der Waals surface area contributed by atoms with Crippen LogP contribution in [-0.4, -0.2) is 49.8 Å². The molecule has 2 heterocycles. The molecule has 6 bridgehead atoms. The predicted octanol–water partition coefficient (Wildman–Crippen LogP) is 4.29. The number of hydrogen-bond donors (Lipinski definition) is 1. The highest BCUT2D eigenvalue weighted by atomic mass is 16.6. The maximum Gasteiger partial charge on any atom is 0.410 e. The van der Waals surface area contributed by atoms with Crippen LogP contribution in [0.25, 0.3) is 0 Å². The van der Waals surface area contributed by atoms with Crippen molar-refractivity contribution < 1.29 is 9.53 Å². The van der Waals surface area contributed by atoms with Crippen LogP contribution in [0, 0.1) is 23.7 Å². The van der Waals surface area contributed by atoms with Crippen molar-refractivity contribution in [2.24, 2.45) is 23.7 Å². The molecule has 0 radical (unpaired) electrons. The Balaban J connectivity index is 1.11. The van der Waals surface area contributed by atoms with Gasteiger partial charge in [0.15, 0.2) is 0 Å². The van der Waals surface area contributed by atoms with Crippen LogP contribution in [0.15, 0.2) is 18.2 Å². The number of carbonyl (C=O) groups excluding carboxylic acids is 1. The van der Waals surface area contributed by atoms with E-state index in [9.17, 15) is 4.79 Å². The quantitative estimate of drug-likeness (QED) is 0.774. The lowest BCUT2D eigenvalue weighted by molar-refractivity contribution is -0.105. The Kier molecular flexibility index (Phi) is 4.32. The molecule has 0 spiro atoms. The van der Waals surface area contributed by atoms with Crippen LogP contribution in [-0.2, 0) is 4.74 Å². The summed E-state index contributed by atoms with van der Waals surface area (Å²) in [5.41, 5.74) is 4.19. The van der Waals surface area contributed by atoms with E-state index >= 15 is 0 Å². The van der Waals surface area contributed by atoms with Crippen LogP contribution < -0.4 is 10.2 Å². The lowest BCUT2D eigenvalue weighted by Crippen LogP contribution is -2.51. The minimum atomic E-state index is -0.0265. The first-order valence-electron chi connectivity index (χ1n) is 12.8. The molecule has 4 saturated carbocycles. The first-order valence-corrected chi connectivity index (χ1v) is 12.8. The maximum absolute atomic E-state index is 13.5. The van der Waals surface area contributed by atoms with E-state index in [-0.39, 0.29) is 18.2 Å². The highest BCUT2D eigenvalue weighted by molar-refractivity contribution is 5.70. The van der Waals surface area contributed by atoms with Gasteiger partial charge in [-0.2, -0.15) is 0 Å². The Labute approximate surface area is 185 Å². The Hall–Kier alpha value is -1.75. The topological polar surface area (TPSA) is 44.8 Å². The van der Waals surface area contributed by atoms with Gasteiger partial charge >= 0.3 is 6.09 Å². The Morgan fingerprint density at radius 2 is 1.65 bits per heavy atom. The SMILES string of the molecule is O=C(OC1C2CC3CC(C2)CC1C3)N1CCC2C[C@H]1c1cc(N3CCNCC3)ccc12. The normalized spacial score (nSPS) is 40.2. The zero-order valence-electron chi connectivity index (χ0n) is 18.5. The monoisotopic (exact) mass is 421 g/mol. The molecule has 31 heavy (non-hydrogen) atoms. The fourth-order valence-electron chi connectivity index (χ4n) is 8.36. The number of likely N-dealkylation sites (tertiary alicyclic amines) is 1. The number of fused-ring (bicyclic) bond motifs is 5. The summed E-state index contributed by atoms with van der Waals surface area (Å²) in [5.74, 6) is 3.71. The van der Waals surface area contributed by atoms with Crippen LogP contribution >= 0.6 is 0 Å². The van der Waals surface area contributed by atoms with E-state index in [0.29, 0.717) is 17.8 Å². The molecule has 5 heteroatoms. The zero-order valence-corrected chi connectivity index (χ0v) is 18.5. The summed E-state index contributed by atoms with van der Waals surface area (Å²) in [4.78, 5) is 18.0.